The lowest BCUT2D eigenvalue weighted by molar-refractivity contribution is -0.222. The van der Waals surface area contributed by atoms with E-state index < -0.39 is 17.7 Å². The first-order valence-electron chi connectivity index (χ1n) is 7.53. The van der Waals surface area contributed by atoms with E-state index in [1.807, 2.05) is 12.1 Å². The molecule has 0 unspecified atom stereocenters. The van der Waals surface area contributed by atoms with Gasteiger partial charge in [0.1, 0.15) is 0 Å². The first kappa shape index (κ1) is 17.5. The second kappa shape index (κ2) is 7.16. The summed E-state index contributed by atoms with van der Waals surface area (Å²) >= 11 is 0. The third-order valence-electron chi connectivity index (χ3n) is 3.37. The standard InChI is InChI=1S/C17H20N2O5/c1-17(2)23-15(21)13(16(22)24-17)10-19-12-7-4-11(5-8-12)6-9-14(20)18-3/h4-5,7-8,10,19H,6,9H2,1-3H3,(H,18,20). The van der Waals surface area contributed by atoms with Gasteiger partial charge in [0.15, 0.2) is 5.57 Å². The van der Waals surface area contributed by atoms with E-state index in [2.05, 4.69) is 10.6 Å². The Hall–Kier alpha value is -2.83. The Morgan fingerprint density at radius 2 is 1.71 bits per heavy atom. The minimum atomic E-state index is -1.25. The minimum Gasteiger partial charge on any atom is -0.419 e. The highest BCUT2D eigenvalue weighted by Gasteiger charge is 2.38. The number of amides is 1. The number of hydrogen-bond acceptors (Lipinski definition) is 6. The maximum atomic E-state index is 11.8. The molecule has 2 rings (SSSR count). The summed E-state index contributed by atoms with van der Waals surface area (Å²) in [6.07, 6.45) is 2.31. The monoisotopic (exact) mass is 332 g/mol. The predicted octanol–water partition coefficient (Wildman–Crippen LogP) is 1.50. The molecule has 0 aliphatic carbocycles. The van der Waals surface area contributed by atoms with Crippen LogP contribution in [0.15, 0.2) is 36.0 Å². The highest BCUT2D eigenvalue weighted by molar-refractivity contribution is 6.15. The van der Waals surface area contributed by atoms with E-state index in [1.165, 1.54) is 20.0 Å². The molecule has 1 heterocycles. The Morgan fingerprint density at radius 1 is 1.12 bits per heavy atom. The molecule has 24 heavy (non-hydrogen) atoms. The molecule has 0 saturated carbocycles. The van der Waals surface area contributed by atoms with Gasteiger partial charge in [0.2, 0.25) is 5.91 Å². The van der Waals surface area contributed by atoms with Crippen LogP contribution in [0.4, 0.5) is 5.69 Å². The number of carbonyl (C=O) groups excluding carboxylic acids is 3. The highest BCUT2D eigenvalue weighted by atomic mass is 16.7. The van der Waals surface area contributed by atoms with Gasteiger partial charge >= 0.3 is 11.9 Å². The van der Waals surface area contributed by atoms with Gasteiger partial charge in [-0.2, -0.15) is 0 Å². The van der Waals surface area contributed by atoms with Gasteiger partial charge in [-0.25, -0.2) is 9.59 Å². The second-order valence-electron chi connectivity index (χ2n) is 5.75. The fourth-order valence-electron chi connectivity index (χ4n) is 2.08. The van der Waals surface area contributed by atoms with E-state index in [-0.39, 0.29) is 11.5 Å². The lowest BCUT2D eigenvalue weighted by atomic mass is 10.1. The topological polar surface area (TPSA) is 93.7 Å². The second-order valence-corrected chi connectivity index (χ2v) is 5.75. The number of cyclic esters (lactones) is 2. The first-order valence-corrected chi connectivity index (χ1v) is 7.53. The van der Waals surface area contributed by atoms with Crippen molar-refractivity contribution >= 4 is 23.5 Å². The maximum absolute atomic E-state index is 11.8. The summed E-state index contributed by atoms with van der Waals surface area (Å²) in [7, 11) is 1.60. The van der Waals surface area contributed by atoms with Gasteiger partial charge in [0.25, 0.3) is 5.79 Å². The Kier molecular flexibility index (Phi) is 5.23. The molecular formula is C17H20N2O5. The molecule has 128 valence electrons. The Morgan fingerprint density at radius 3 is 2.25 bits per heavy atom. The van der Waals surface area contributed by atoms with Crippen molar-refractivity contribution in [3.8, 4) is 0 Å². The molecule has 1 aromatic carbocycles. The zero-order chi connectivity index (χ0) is 17.7. The Balaban J connectivity index is 1.98. The van der Waals surface area contributed by atoms with Crippen LogP contribution in [0.5, 0.6) is 0 Å². The molecule has 1 aliphatic heterocycles. The summed E-state index contributed by atoms with van der Waals surface area (Å²) in [5.41, 5.74) is 1.50. The van der Waals surface area contributed by atoms with Crippen LogP contribution in [0.3, 0.4) is 0 Å². The zero-order valence-corrected chi connectivity index (χ0v) is 13.8. The number of hydrogen-bond donors (Lipinski definition) is 2. The van der Waals surface area contributed by atoms with Crippen LogP contribution in [0.2, 0.25) is 0 Å². The van der Waals surface area contributed by atoms with Gasteiger partial charge in [-0.3, -0.25) is 4.79 Å². The maximum Gasteiger partial charge on any atom is 0.350 e. The summed E-state index contributed by atoms with van der Waals surface area (Å²) in [4.78, 5) is 34.8. The van der Waals surface area contributed by atoms with Crippen molar-refractivity contribution in [3.63, 3.8) is 0 Å². The molecular weight excluding hydrogens is 312 g/mol. The predicted molar refractivity (Wildman–Crippen MR) is 86.8 cm³/mol. The van der Waals surface area contributed by atoms with Crippen molar-refractivity contribution in [2.24, 2.45) is 0 Å². The number of anilines is 1. The van der Waals surface area contributed by atoms with Crippen molar-refractivity contribution < 1.29 is 23.9 Å². The van der Waals surface area contributed by atoms with Gasteiger partial charge in [-0.15, -0.1) is 0 Å². The van der Waals surface area contributed by atoms with E-state index >= 15 is 0 Å². The Bertz CT molecular complexity index is 655. The van der Waals surface area contributed by atoms with Crippen LogP contribution >= 0.6 is 0 Å². The lowest BCUT2D eigenvalue weighted by Crippen LogP contribution is -2.42. The average Bonchev–Trinajstić information content (AvgIpc) is 2.51. The van der Waals surface area contributed by atoms with Crippen molar-refractivity contribution in [1.82, 2.24) is 5.32 Å². The summed E-state index contributed by atoms with van der Waals surface area (Å²) < 4.78 is 10.0. The van der Waals surface area contributed by atoms with E-state index in [9.17, 15) is 14.4 Å². The molecule has 0 aromatic heterocycles. The van der Waals surface area contributed by atoms with E-state index in [4.69, 9.17) is 9.47 Å². The number of rotatable bonds is 5. The van der Waals surface area contributed by atoms with E-state index in [0.717, 1.165) is 5.56 Å². The number of carbonyl (C=O) groups is 3. The van der Waals surface area contributed by atoms with Crippen LogP contribution in [0.25, 0.3) is 0 Å². The fourth-order valence-corrected chi connectivity index (χ4v) is 2.08. The third kappa shape index (κ3) is 4.58. The van der Waals surface area contributed by atoms with Crippen LogP contribution in [0, 0.1) is 0 Å². The number of esters is 2. The fraction of sp³-hybridized carbons (Fsp3) is 0.353. The SMILES string of the molecule is CNC(=O)CCc1ccc(NC=C2C(=O)OC(C)(C)OC2=O)cc1. The number of nitrogens with one attached hydrogen (secondary N) is 2. The summed E-state index contributed by atoms with van der Waals surface area (Å²) in [5, 5.41) is 5.43. The third-order valence-corrected chi connectivity index (χ3v) is 3.37. The van der Waals surface area contributed by atoms with Crippen LogP contribution in [-0.2, 0) is 30.3 Å². The van der Waals surface area contributed by atoms with Crippen LogP contribution in [-0.4, -0.2) is 30.7 Å². The number of aryl methyl sites for hydroxylation is 1. The molecule has 1 amide bonds. The zero-order valence-electron chi connectivity index (χ0n) is 13.8. The number of benzene rings is 1. The summed E-state index contributed by atoms with van der Waals surface area (Å²) in [6, 6.07) is 7.31. The van der Waals surface area contributed by atoms with Crippen LogP contribution in [0.1, 0.15) is 25.8 Å². The summed E-state index contributed by atoms with van der Waals surface area (Å²) in [5.74, 6) is -2.73. The van der Waals surface area contributed by atoms with Crippen molar-refractivity contribution in [3.05, 3.63) is 41.6 Å². The van der Waals surface area contributed by atoms with Crippen molar-refractivity contribution in [1.29, 1.82) is 0 Å². The van der Waals surface area contributed by atoms with E-state index in [1.54, 1.807) is 19.2 Å². The van der Waals surface area contributed by atoms with Crippen molar-refractivity contribution in [2.75, 3.05) is 12.4 Å². The average molecular weight is 332 g/mol. The Labute approximate surface area is 140 Å². The molecule has 1 fully saturated rings. The van der Waals surface area contributed by atoms with Crippen LogP contribution < -0.4 is 10.6 Å². The molecule has 0 atom stereocenters. The van der Waals surface area contributed by atoms with Gasteiger partial charge in [-0.1, -0.05) is 12.1 Å². The first-order chi connectivity index (χ1) is 11.3. The molecule has 0 radical (unpaired) electrons. The van der Waals surface area contributed by atoms with Gasteiger partial charge < -0.3 is 20.1 Å². The molecule has 2 N–H and O–H groups in total. The molecule has 1 saturated heterocycles. The normalized spacial score (nSPS) is 16.0. The minimum absolute atomic E-state index is 0.0146. The van der Waals surface area contributed by atoms with Gasteiger partial charge in [0.05, 0.1) is 0 Å². The summed E-state index contributed by atoms with van der Waals surface area (Å²) in [6.45, 7) is 2.98. The lowest BCUT2D eigenvalue weighted by Gasteiger charge is -2.29. The molecule has 0 spiro atoms. The molecule has 0 bridgehead atoms. The van der Waals surface area contributed by atoms with Gasteiger partial charge in [0, 0.05) is 39.2 Å². The van der Waals surface area contributed by atoms with E-state index in [0.29, 0.717) is 18.5 Å². The molecule has 7 heteroatoms. The molecule has 1 aromatic rings. The highest BCUT2D eigenvalue weighted by Crippen LogP contribution is 2.22. The molecule has 1 aliphatic rings. The molecule has 7 nitrogen and oxygen atoms in total. The van der Waals surface area contributed by atoms with Crippen molar-refractivity contribution in [2.45, 2.75) is 32.5 Å². The smallest absolute Gasteiger partial charge is 0.350 e. The largest absolute Gasteiger partial charge is 0.419 e. The number of ether oxygens (including phenoxy) is 2. The van der Waals surface area contributed by atoms with Gasteiger partial charge in [-0.05, 0) is 24.1 Å². The quantitative estimate of drug-likeness (QED) is 0.482.